The molecule has 1 aromatic carbocycles. The van der Waals surface area contributed by atoms with Crippen LogP contribution in [0.15, 0.2) is 24.3 Å². The molecule has 1 aliphatic carbocycles. The third kappa shape index (κ3) is 4.46. The van der Waals surface area contributed by atoms with Crippen molar-refractivity contribution < 1.29 is 13.5 Å². The maximum atomic E-state index is 13.0. The molecule has 1 saturated carbocycles. The quantitative estimate of drug-likeness (QED) is 0.881. The maximum absolute atomic E-state index is 13.0. The van der Waals surface area contributed by atoms with Crippen LogP contribution in [-0.4, -0.2) is 19.6 Å². The second-order valence-electron chi connectivity index (χ2n) is 5.28. The number of rotatable bonds is 5. The standard InChI is InChI=1S/C15H21F2NO/c1-19-14-4-2-12(3-5-14)10-18-11-13-6-8-15(16,17)9-7-13/h2-5,13,18H,6-11H2,1H3. The lowest BCUT2D eigenvalue weighted by Gasteiger charge is -2.28. The lowest BCUT2D eigenvalue weighted by Crippen LogP contribution is -2.30. The Morgan fingerprint density at radius 1 is 1.21 bits per heavy atom. The molecule has 2 rings (SSSR count). The summed E-state index contributed by atoms with van der Waals surface area (Å²) < 4.78 is 31.1. The molecule has 0 aromatic heterocycles. The summed E-state index contributed by atoms with van der Waals surface area (Å²) >= 11 is 0. The van der Waals surface area contributed by atoms with E-state index in [0.29, 0.717) is 18.8 Å². The molecule has 0 spiro atoms. The first-order valence-electron chi connectivity index (χ1n) is 6.80. The van der Waals surface area contributed by atoms with E-state index in [1.165, 1.54) is 5.56 Å². The molecule has 0 bridgehead atoms. The van der Waals surface area contributed by atoms with Gasteiger partial charge in [-0.2, -0.15) is 0 Å². The molecule has 1 aromatic rings. The second-order valence-corrected chi connectivity index (χ2v) is 5.28. The second kappa shape index (κ2) is 6.33. The fourth-order valence-corrected chi connectivity index (χ4v) is 2.47. The van der Waals surface area contributed by atoms with E-state index < -0.39 is 5.92 Å². The van der Waals surface area contributed by atoms with E-state index in [2.05, 4.69) is 5.32 Å². The van der Waals surface area contributed by atoms with Gasteiger partial charge < -0.3 is 10.1 Å². The summed E-state index contributed by atoms with van der Waals surface area (Å²) in [6, 6.07) is 7.89. The molecule has 1 fully saturated rings. The number of hydrogen-bond donors (Lipinski definition) is 1. The topological polar surface area (TPSA) is 21.3 Å². The summed E-state index contributed by atoms with van der Waals surface area (Å²) in [5.41, 5.74) is 1.18. The molecule has 0 amide bonds. The van der Waals surface area contributed by atoms with Gasteiger partial charge in [-0.15, -0.1) is 0 Å². The Labute approximate surface area is 113 Å². The van der Waals surface area contributed by atoms with Crippen LogP contribution in [0.1, 0.15) is 31.2 Å². The van der Waals surface area contributed by atoms with Crippen molar-refractivity contribution in [3.05, 3.63) is 29.8 Å². The van der Waals surface area contributed by atoms with Crippen LogP contribution in [0.3, 0.4) is 0 Å². The number of ether oxygens (including phenoxy) is 1. The first kappa shape index (κ1) is 14.3. The first-order valence-corrected chi connectivity index (χ1v) is 6.80. The fourth-order valence-electron chi connectivity index (χ4n) is 2.47. The van der Waals surface area contributed by atoms with Crippen molar-refractivity contribution in [1.29, 1.82) is 0 Å². The van der Waals surface area contributed by atoms with Crippen LogP contribution >= 0.6 is 0 Å². The monoisotopic (exact) mass is 269 g/mol. The molecule has 106 valence electrons. The molecule has 0 unspecified atom stereocenters. The third-order valence-corrected chi connectivity index (χ3v) is 3.76. The van der Waals surface area contributed by atoms with E-state index in [4.69, 9.17) is 4.74 Å². The minimum atomic E-state index is -2.42. The molecule has 0 atom stereocenters. The predicted octanol–water partition coefficient (Wildman–Crippen LogP) is 3.61. The smallest absolute Gasteiger partial charge is 0.248 e. The van der Waals surface area contributed by atoms with Gasteiger partial charge >= 0.3 is 0 Å². The van der Waals surface area contributed by atoms with Crippen LogP contribution in [0, 0.1) is 5.92 Å². The molecule has 1 aliphatic rings. The highest BCUT2D eigenvalue weighted by atomic mass is 19.3. The lowest BCUT2D eigenvalue weighted by atomic mass is 9.87. The predicted molar refractivity (Wildman–Crippen MR) is 71.6 cm³/mol. The van der Waals surface area contributed by atoms with Crippen LogP contribution in [0.2, 0.25) is 0 Å². The zero-order valence-corrected chi connectivity index (χ0v) is 11.3. The zero-order valence-electron chi connectivity index (χ0n) is 11.3. The van der Waals surface area contributed by atoms with Gasteiger partial charge in [-0.25, -0.2) is 8.78 Å². The summed E-state index contributed by atoms with van der Waals surface area (Å²) in [6.07, 6.45) is 1.34. The third-order valence-electron chi connectivity index (χ3n) is 3.76. The van der Waals surface area contributed by atoms with Gasteiger partial charge in [-0.1, -0.05) is 12.1 Å². The molecule has 0 heterocycles. The van der Waals surface area contributed by atoms with Crippen LogP contribution < -0.4 is 10.1 Å². The number of nitrogens with one attached hydrogen (secondary N) is 1. The number of hydrogen-bond acceptors (Lipinski definition) is 2. The SMILES string of the molecule is COc1ccc(CNCC2CCC(F)(F)CC2)cc1. The van der Waals surface area contributed by atoms with Crippen LogP contribution in [-0.2, 0) is 6.54 Å². The Morgan fingerprint density at radius 2 is 1.84 bits per heavy atom. The number of halogens is 2. The Morgan fingerprint density at radius 3 is 2.42 bits per heavy atom. The van der Waals surface area contributed by atoms with Crippen molar-refractivity contribution in [3.8, 4) is 5.75 Å². The molecular weight excluding hydrogens is 248 g/mol. The average molecular weight is 269 g/mol. The Balaban J connectivity index is 1.69. The van der Waals surface area contributed by atoms with Crippen molar-refractivity contribution >= 4 is 0 Å². The highest BCUT2D eigenvalue weighted by Crippen LogP contribution is 2.35. The van der Waals surface area contributed by atoms with E-state index >= 15 is 0 Å². The summed E-state index contributed by atoms with van der Waals surface area (Å²) in [5, 5.41) is 3.35. The Kier molecular flexibility index (Phi) is 4.75. The molecular formula is C15H21F2NO. The summed E-state index contributed by atoms with van der Waals surface area (Å²) in [5.74, 6) is -1.19. The molecule has 2 nitrogen and oxygen atoms in total. The van der Waals surface area contributed by atoms with Crippen LogP contribution in [0.5, 0.6) is 5.75 Å². The van der Waals surface area contributed by atoms with E-state index in [0.717, 1.165) is 18.8 Å². The van der Waals surface area contributed by atoms with E-state index in [9.17, 15) is 8.78 Å². The van der Waals surface area contributed by atoms with Gasteiger partial charge in [0.25, 0.3) is 0 Å². The van der Waals surface area contributed by atoms with Crippen molar-refractivity contribution in [3.63, 3.8) is 0 Å². The first-order chi connectivity index (χ1) is 9.09. The number of benzene rings is 1. The zero-order chi connectivity index (χ0) is 13.7. The summed E-state index contributed by atoms with van der Waals surface area (Å²) in [7, 11) is 1.64. The van der Waals surface area contributed by atoms with Crippen molar-refractivity contribution in [2.24, 2.45) is 5.92 Å². The molecule has 4 heteroatoms. The van der Waals surface area contributed by atoms with E-state index in [-0.39, 0.29) is 12.8 Å². The van der Waals surface area contributed by atoms with E-state index in [1.807, 2.05) is 24.3 Å². The normalized spacial score (nSPS) is 19.3. The van der Waals surface area contributed by atoms with Gasteiger partial charge in [0.15, 0.2) is 0 Å². The molecule has 0 aliphatic heterocycles. The van der Waals surface area contributed by atoms with Gasteiger partial charge in [0, 0.05) is 19.4 Å². The van der Waals surface area contributed by atoms with Crippen LogP contribution in [0.4, 0.5) is 8.78 Å². The van der Waals surface area contributed by atoms with Gasteiger partial charge in [0.1, 0.15) is 5.75 Å². The minimum absolute atomic E-state index is 0.0435. The Hall–Kier alpha value is -1.16. The largest absolute Gasteiger partial charge is 0.497 e. The Bertz CT molecular complexity index is 382. The fraction of sp³-hybridized carbons (Fsp3) is 0.600. The average Bonchev–Trinajstić information content (AvgIpc) is 2.41. The molecule has 1 N–H and O–H groups in total. The minimum Gasteiger partial charge on any atom is -0.497 e. The lowest BCUT2D eigenvalue weighted by molar-refractivity contribution is -0.0455. The van der Waals surface area contributed by atoms with E-state index in [1.54, 1.807) is 7.11 Å². The van der Waals surface area contributed by atoms with Crippen molar-refractivity contribution in [2.75, 3.05) is 13.7 Å². The molecule has 0 saturated heterocycles. The van der Waals surface area contributed by atoms with Gasteiger partial charge in [0.05, 0.1) is 7.11 Å². The molecule has 0 radical (unpaired) electrons. The molecule has 19 heavy (non-hydrogen) atoms. The number of alkyl halides is 2. The van der Waals surface area contributed by atoms with Gasteiger partial charge in [0.2, 0.25) is 5.92 Å². The maximum Gasteiger partial charge on any atom is 0.248 e. The summed E-state index contributed by atoms with van der Waals surface area (Å²) in [4.78, 5) is 0. The van der Waals surface area contributed by atoms with Gasteiger partial charge in [-0.05, 0) is 43.0 Å². The van der Waals surface area contributed by atoms with Gasteiger partial charge in [-0.3, -0.25) is 0 Å². The number of methoxy groups -OCH3 is 1. The van der Waals surface area contributed by atoms with Crippen molar-refractivity contribution in [2.45, 2.75) is 38.2 Å². The highest BCUT2D eigenvalue weighted by Gasteiger charge is 2.34. The summed E-state index contributed by atoms with van der Waals surface area (Å²) in [6.45, 7) is 1.60. The van der Waals surface area contributed by atoms with Crippen molar-refractivity contribution in [1.82, 2.24) is 5.32 Å². The highest BCUT2D eigenvalue weighted by molar-refractivity contribution is 5.26. The van der Waals surface area contributed by atoms with Crippen LogP contribution in [0.25, 0.3) is 0 Å².